The number of anilines is 2. The van der Waals surface area contributed by atoms with Crippen LogP contribution in [0.3, 0.4) is 0 Å². The van der Waals surface area contributed by atoms with Gasteiger partial charge in [-0.1, -0.05) is 46.9 Å². The summed E-state index contributed by atoms with van der Waals surface area (Å²) in [5, 5.41) is 11.8. The zero-order valence-electron chi connectivity index (χ0n) is 20.9. The van der Waals surface area contributed by atoms with E-state index in [2.05, 4.69) is 25.4 Å². The van der Waals surface area contributed by atoms with Crippen molar-refractivity contribution in [2.75, 3.05) is 5.32 Å². The third-order valence-corrected chi connectivity index (χ3v) is 7.79. The molecule has 2 heterocycles. The number of amides is 1. The number of carbonyl (C=O) groups excluding carboxylic acids is 1. The maximum Gasteiger partial charge on any atom is 0.271 e. The van der Waals surface area contributed by atoms with Gasteiger partial charge in [-0.05, 0) is 74.5 Å². The van der Waals surface area contributed by atoms with Crippen LogP contribution < -0.4 is 10.7 Å². The number of benzene rings is 3. The van der Waals surface area contributed by atoms with Gasteiger partial charge in [0.25, 0.3) is 5.91 Å². The van der Waals surface area contributed by atoms with E-state index in [0.717, 1.165) is 44.7 Å². The summed E-state index contributed by atoms with van der Waals surface area (Å²) >= 11 is 19.7. The topological polar surface area (TPSA) is 71.3 Å². The fourth-order valence-electron chi connectivity index (χ4n) is 4.08. The number of hydrazone groups is 1. The van der Waals surface area contributed by atoms with Crippen LogP contribution in [0.15, 0.2) is 83.3 Å². The minimum atomic E-state index is -0.306. The molecule has 5 rings (SSSR count). The highest BCUT2D eigenvalue weighted by Crippen LogP contribution is 2.29. The standard InChI is InChI=1S/C29H22Cl3N5OS/c1-17-13-21(18(2)37(17)24-11-12-25(31)26(32)14-24)15-33-36-28(38)20-5-3-19(4-6-20)27-16-39-29(35-27)34-23-9-7-22(30)8-10-23/h3-16H,1-2H3,(H,34,35)(H,36,38)/b33-15-. The molecule has 2 aromatic heterocycles. The zero-order chi connectivity index (χ0) is 27.5. The second kappa shape index (κ2) is 11.6. The molecule has 39 heavy (non-hydrogen) atoms. The van der Waals surface area contributed by atoms with E-state index >= 15 is 0 Å². The van der Waals surface area contributed by atoms with Gasteiger partial charge in [-0.15, -0.1) is 11.3 Å². The van der Waals surface area contributed by atoms with E-state index in [9.17, 15) is 4.79 Å². The van der Waals surface area contributed by atoms with Gasteiger partial charge in [-0.25, -0.2) is 10.4 Å². The van der Waals surface area contributed by atoms with E-state index in [0.29, 0.717) is 20.6 Å². The molecule has 0 fully saturated rings. The first-order chi connectivity index (χ1) is 18.8. The molecule has 0 unspecified atom stereocenters. The largest absolute Gasteiger partial charge is 0.332 e. The molecule has 0 saturated heterocycles. The highest BCUT2D eigenvalue weighted by atomic mass is 35.5. The lowest BCUT2D eigenvalue weighted by Crippen LogP contribution is -2.17. The van der Waals surface area contributed by atoms with Gasteiger partial charge in [0.2, 0.25) is 0 Å². The second-order valence-corrected chi connectivity index (χ2v) is 10.8. The van der Waals surface area contributed by atoms with Gasteiger partial charge in [-0.2, -0.15) is 5.10 Å². The molecular formula is C29H22Cl3N5OS. The molecule has 10 heteroatoms. The Kier molecular flexibility index (Phi) is 8.04. The van der Waals surface area contributed by atoms with Gasteiger partial charge in [0.05, 0.1) is 22.0 Å². The van der Waals surface area contributed by atoms with Gasteiger partial charge in [0.15, 0.2) is 5.13 Å². The van der Waals surface area contributed by atoms with Crippen molar-refractivity contribution in [3.8, 4) is 16.9 Å². The second-order valence-electron chi connectivity index (χ2n) is 8.71. The van der Waals surface area contributed by atoms with Gasteiger partial charge < -0.3 is 9.88 Å². The maximum atomic E-state index is 12.7. The maximum absolute atomic E-state index is 12.7. The molecule has 0 aliphatic heterocycles. The van der Waals surface area contributed by atoms with Crippen molar-refractivity contribution in [2.24, 2.45) is 5.10 Å². The lowest BCUT2D eigenvalue weighted by molar-refractivity contribution is 0.0955. The van der Waals surface area contributed by atoms with Crippen molar-refractivity contribution < 1.29 is 4.79 Å². The van der Waals surface area contributed by atoms with Crippen molar-refractivity contribution in [1.29, 1.82) is 0 Å². The highest BCUT2D eigenvalue weighted by molar-refractivity contribution is 7.14. The van der Waals surface area contributed by atoms with Crippen molar-refractivity contribution in [3.63, 3.8) is 0 Å². The monoisotopic (exact) mass is 593 g/mol. The van der Waals surface area contributed by atoms with Crippen molar-refractivity contribution >= 4 is 69.1 Å². The van der Waals surface area contributed by atoms with Gasteiger partial charge in [0, 0.05) is 49.9 Å². The smallest absolute Gasteiger partial charge is 0.271 e. The Hall–Kier alpha value is -3.62. The number of carbonyl (C=O) groups is 1. The van der Waals surface area contributed by atoms with Crippen molar-refractivity contribution in [3.05, 3.63) is 116 Å². The molecule has 0 saturated carbocycles. The summed E-state index contributed by atoms with van der Waals surface area (Å²) in [6, 6.07) is 22.2. The Morgan fingerprint density at radius 3 is 2.41 bits per heavy atom. The molecule has 0 spiro atoms. The summed E-state index contributed by atoms with van der Waals surface area (Å²) in [5.74, 6) is -0.306. The van der Waals surface area contributed by atoms with Gasteiger partial charge in [0.1, 0.15) is 0 Å². The van der Waals surface area contributed by atoms with Crippen LogP contribution in [0, 0.1) is 13.8 Å². The molecular weight excluding hydrogens is 573 g/mol. The summed E-state index contributed by atoms with van der Waals surface area (Å²) in [6.07, 6.45) is 1.63. The van der Waals surface area contributed by atoms with E-state index in [1.165, 1.54) is 11.3 Å². The molecule has 3 aromatic carbocycles. The van der Waals surface area contributed by atoms with Gasteiger partial charge >= 0.3 is 0 Å². The summed E-state index contributed by atoms with van der Waals surface area (Å²) in [5.41, 5.74) is 9.47. The SMILES string of the molecule is Cc1cc(/C=N\NC(=O)c2ccc(-c3csc(Nc4ccc(Cl)cc4)n3)cc2)c(C)n1-c1ccc(Cl)c(Cl)c1. The van der Waals surface area contributed by atoms with Crippen LogP contribution in [0.2, 0.25) is 15.1 Å². The summed E-state index contributed by atoms with van der Waals surface area (Å²) < 4.78 is 2.05. The van der Waals surface area contributed by atoms with E-state index in [1.54, 1.807) is 24.4 Å². The summed E-state index contributed by atoms with van der Waals surface area (Å²) in [4.78, 5) is 17.3. The first-order valence-electron chi connectivity index (χ1n) is 11.8. The highest BCUT2D eigenvalue weighted by Gasteiger charge is 2.12. The Morgan fingerprint density at radius 1 is 0.949 bits per heavy atom. The average Bonchev–Trinajstić information content (AvgIpc) is 3.50. The molecule has 0 aliphatic rings. The minimum Gasteiger partial charge on any atom is -0.332 e. The molecule has 2 N–H and O–H groups in total. The lowest BCUT2D eigenvalue weighted by atomic mass is 10.1. The van der Waals surface area contributed by atoms with Crippen LogP contribution in [0.4, 0.5) is 10.8 Å². The quantitative estimate of drug-likeness (QED) is 0.146. The van der Waals surface area contributed by atoms with Crippen molar-refractivity contribution in [1.82, 2.24) is 15.0 Å². The van der Waals surface area contributed by atoms with E-state index in [4.69, 9.17) is 34.8 Å². The Balaban J connectivity index is 1.23. The van der Waals surface area contributed by atoms with E-state index in [-0.39, 0.29) is 5.91 Å². The minimum absolute atomic E-state index is 0.306. The number of halogens is 3. The number of nitrogens with one attached hydrogen (secondary N) is 2. The Bertz CT molecular complexity index is 1670. The zero-order valence-corrected chi connectivity index (χ0v) is 24.0. The van der Waals surface area contributed by atoms with Gasteiger partial charge in [-0.3, -0.25) is 4.79 Å². The normalized spacial score (nSPS) is 11.2. The van der Waals surface area contributed by atoms with Crippen LogP contribution >= 0.6 is 46.1 Å². The first-order valence-corrected chi connectivity index (χ1v) is 13.9. The number of hydrogen-bond acceptors (Lipinski definition) is 5. The number of aryl methyl sites for hydroxylation is 1. The summed E-state index contributed by atoms with van der Waals surface area (Å²) in [7, 11) is 0. The molecule has 1 amide bonds. The number of aromatic nitrogens is 2. The van der Waals surface area contributed by atoms with Crippen LogP contribution in [0.1, 0.15) is 27.3 Å². The van der Waals surface area contributed by atoms with Crippen LogP contribution in [0.25, 0.3) is 16.9 Å². The number of rotatable bonds is 7. The number of hydrogen-bond donors (Lipinski definition) is 2. The Morgan fingerprint density at radius 2 is 1.69 bits per heavy atom. The third kappa shape index (κ3) is 6.18. The first kappa shape index (κ1) is 27.0. The molecule has 196 valence electrons. The molecule has 0 aliphatic carbocycles. The molecule has 6 nitrogen and oxygen atoms in total. The predicted octanol–water partition coefficient (Wildman–Crippen LogP) is 8.69. The molecule has 0 bridgehead atoms. The van der Waals surface area contributed by atoms with E-state index < -0.39 is 0 Å². The lowest BCUT2D eigenvalue weighted by Gasteiger charge is -2.10. The number of nitrogens with zero attached hydrogens (tertiary/aromatic N) is 3. The summed E-state index contributed by atoms with van der Waals surface area (Å²) in [6.45, 7) is 3.97. The fourth-order valence-corrected chi connectivity index (χ4v) is 5.24. The van der Waals surface area contributed by atoms with Crippen LogP contribution in [-0.4, -0.2) is 21.7 Å². The van der Waals surface area contributed by atoms with Crippen LogP contribution in [0.5, 0.6) is 0 Å². The molecule has 5 aromatic rings. The van der Waals surface area contributed by atoms with Crippen molar-refractivity contribution in [2.45, 2.75) is 13.8 Å². The predicted molar refractivity (Wildman–Crippen MR) is 163 cm³/mol. The van der Waals surface area contributed by atoms with Crippen LogP contribution in [-0.2, 0) is 0 Å². The molecule has 0 atom stereocenters. The Labute approximate surface area is 244 Å². The number of thiazole rings is 1. The molecule has 0 radical (unpaired) electrons. The van der Waals surface area contributed by atoms with E-state index in [1.807, 2.05) is 73.8 Å². The third-order valence-electron chi connectivity index (χ3n) is 6.04. The average molecular weight is 595 g/mol. The fraction of sp³-hybridized carbons (Fsp3) is 0.0690.